The smallest absolute Gasteiger partial charge is 0.124 e. The fourth-order valence-electron chi connectivity index (χ4n) is 2.72. The largest absolute Gasteiger partial charge is 0.317 e. The minimum atomic E-state index is -0.181. The molecular weight excluding hydrogens is 343 g/mol. The summed E-state index contributed by atoms with van der Waals surface area (Å²) in [6.07, 6.45) is 3.57. The van der Waals surface area contributed by atoms with Crippen LogP contribution in [0.1, 0.15) is 31.7 Å². The number of nitrogens with one attached hydrogen (secondary N) is 1. The van der Waals surface area contributed by atoms with E-state index in [-0.39, 0.29) is 18.2 Å². The molecule has 2 rings (SSSR count). The molecule has 5 heteroatoms. The monoisotopic (exact) mass is 364 g/mol. The average Bonchev–Trinajstić information content (AvgIpc) is 2.42. The van der Waals surface area contributed by atoms with Gasteiger partial charge in [-0.1, -0.05) is 28.9 Å². The van der Waals surface area contributed by atoms with Gasteiger partial charge in [-0.15, -0.1) is 12.4 Å². The predicted molar refractivity (Wildman–Crippen MR) is 87.9 cm³/mol. The molecular formula is C15H23BrClFN2. The van der Waals surface area contributed by atoms with E-state index < -0.39 is 0 Å². The zero-order chi connectivity index (χ0) is 13.7. The molecule has 0 unspecified atom stereocenters. The number of hydrogen-bond acceptors (Lipinski definition) is 2. The molecule has 1 fully saturated rings. The third kappa shape index (κ3) is 4.99. The molecule has 1 saturated heterocycles. The quantitative estimate of drug-likeness (QED) is 0.849. The first kappa shape index (κ1) is 17.9. The van der Waals surface area contributed by atoms with Crippen molar-refractivity contribution >= 4 is 28.3 Å². The Kier molecular flexibility index (Phi) is 8.03. The van der Waals surface area contributed by atoms with Crippen molar-refractivity contribution in [2.24, 2.45) is 0 Å². The van der Waals surface area contributed by atoms with Crippen molar-refractivity contribution in [3.63, 3.8) is 0 Å². The lowest BCUT2D eigenvalue weighted by Crippen LogP contribution is -2.43. The van der Waals surface area contributed by atoms with Crippen LogP contribution in [0.25, 0.3) is 0 Å². The van der Waals surface area contributed by atoms with Gasteiger partial charge in [0, 0.05) is 17.1 Å². The van der Waals surface area contributed by atoms with Gasteiger partial charge in [-0.25, -0.2) is 4.39 Å². The third-order valence-corrected chi connectivity index (χ3v) is 4.46. The van der Waals surface area contributed by atoms with Crippen molar-refractivity contribution in [3.8, 4) is 0 Å². The van der Waals surface area contributed by atoms with E-state index in [1.165, 1.54) is 18.4 Å². The Hall–Kier alpha value is -0.160. The van der Waals surface area contributed by atoms with Crippen molar-refractivity contribution in [3.05, 3.63) is 34.1 Å². The number of rotatable bonds is 5. The molecule has 1 aromatic carbocycles. The standard InChI is InChI=1S/C15H22BrFN2.ClH/c1-2-9-19(14-5-7-18-8-6-14)11-12-3-4-13(17)10-15(12)16;/h3-4,10,14,18H,2,5-9,11H2,1H3;1H. The van der Waals surface area contributed by atoms with E-state index in [1.54, 1.807) is 12.1 Å². The number of halogens is 3. The number of nitrogens with zero attached hydrogens (tertiary/aromatic N) is 1. The van der Waals surface area contributed by atoms with Crippen molar-refractivity contribution in [2.75, 3.05) is 19.6 Å². The molecule has 1 heterocycles. The van der Waals surface area contributed by atoms with Gasteiger partial charge in [0.15, 0.2) is 0 Å². The number of hydrogen-bond donors (Lipinski definition) is 1. The van der Waals surface area contributed by atoms with Gasteiger partial charge in [-0.2, -0.15) is 0 Å². The van der Waals surface area contributed by atoms with E-state index in [0.717, 1.165) is 37.1 Å². The topological polar surface area (TPSA) is 15.3 Å². The van der Waals surface area contributed by atoms with Gasteiger partial charge < -0.3 is 5.32 Å². The summed E-state index contributed by atoms with van der Waals surface area (Å²) in [6, 6.07) is 5.65. The molecule has 1 aliphatic heterocycles. The van der Waals surface area contributed by atoms with Crippen LogP contribution in [-0.2, 0) is 6.54 Å². The van der Waals surface area contributed by atoms with E-state index in [4.69, 9.17) is 0 Å². The molecule has 0 aromatic heterocycles. The minimum Gasteiger partial charge on any atom is -0.317 e. The Balaban J connectivity index is 0.00000200. The summed E-state index contributed by atoms with van der Waals surface area (Å²) in [7, 11) is 0. The summed E-state index contributed by atoms with van der Waals surface area (Å²) in [6.45, 7) is 6.44. The summed E-state index contributed by atoms with van der Waals surface area (Å²) in [5.41, 5.74) is 1.17. The van der Waals surface area contributed by atoms with Crippen LogP contribution in [0.4, 0.5) is 4.39 Å². The van der Waals surface area contributed by atoms with Crippen LogP contribution in [-0.4, -0.2) is 30.6 Å². The van der Waals surface area contributed by atoms with Crippen molar-refractivity contribution in [1.29, 1.82) is 0 Å². The maximum Gasteiger partial charge on any atom is 0.124 e. The van der Waals surface area contributed by atoms with Crippen molar-refractivity contribution in [2.45, 2.75) is 38.8 Å². The first-order valence-corrected chi connectivity index (χ1v) is 7.88. The highest BCUT2D eigenvalue weighted by Gasteiger charge is 2.21. The van der Waals surface area contributed by atoms with Crippen LogP contribution >= 0.6 is 28.3 Å². The lowest BCUT2D eigenvalue weighted by molar-refractivity contribution is 0.154. The van der Waals surface area contributed by atoms with Crippen molar-refractivity contribution in [1.82, 2.24) is 10.2 Å². The molecule has 114 valence electrons. The highest BCUT2D eigenvalue weighted by molar-refractivity contribution is 9.10. The van der Waals surface area contributed by atoms with Gasteiger partial charge >= 0.3 is 0 Å². The number of benzene rings is 1. The Bertz CT molecular complexity index is 411. The van der Waals surface area contributed by atoms with E-state index in [2.05, 4.69) is 33.1 Å². The van der Waals surface area contributed by atoms with Crippen LogP contribution in [0.5, 0.6) is 0 Å². The molecule has 0 amide bonds. The van der Waals surface area contributed by atoms with Crippen LogP contribution in [0, 0.1) is 5.82 Å². The third-order valence-electron chi connectivity index (χ3n) is 3.72. The fraction of sp³-hybridized carbons (Fsp3) is 0.600. The molecule has 0 saturated carbocycles. The van der Waals surface area contributed by atoms with E-state index >= 15 is 0 Å². The molecule has 2 nitrogen and oxygen atoms in total. The summed E-state index contributed by atoms with van der Waals surface area (Å²) in [5, 5.41) is 3.41. The van der Waals surface area contributed by atoms with Crippen molar-refractivity contribution < 1.29 is 4.39 Å². The molecule has 1 N–H and O–H groups in total. The normalized spacial score (nSPS) is 16.2. The van der Waals surface area contributed by atoms with Gasteiger partial charge in [-0.3, -0.25) is 4.90 Å². The molecule has 0 bridgehead atoms. The van der Waals surface area contributed by atoms with Crippen LogP contribution < -0.4 is 5.32 Å². The van der Waals surface area contributed by atoms with Gasteiger partial charge in [0.25, 0.3) is 0 Å². The van der Waals surface area contributed by atoms with E-state index in [1.807, 2.05) is 6.07 Å². The van der Waals surface area contributed by atoms with E-state index in [0.29, 0.717) is 6.04 Å². The van der Waals surface area contributed by atoms with Crippen LogP contribution in [0.15, 0.2) is 22.7 Å². The maximum atomic E-state index is 13.1. The Labute approximate surface area is 135 Å². The molecule has 0 spiro atoms. The molecule has 1 aromatic rings. The Morgan fingerprint density at radius 1 is 1.35 bits per heavy atom. The van der Waals surface area contributed by atoms with E-state index in [9.17, 15) is 4.39 Å². The first-order chi connectivity index (χ1) is 9.20. The summed E-state index contributed by atoms with van der Waals surface area (Å²) < 4.78 is 14.0. The minimum absolute atomic E-state index is 0. The zero-order valence-electron chi connectivity index (χ0n) is 11.9. The van der Waals surface area contributed by atoms with Crippen LogP contribution in [0.3, 0.4) is 0 Å². The summed E-state index contributed by atoms with van der Waals surface area (Å²) >= 11 is 3.47. The molecule has 20 heavy (non-hydrogen) atoms. The van der Waals surface area contributed by atoms with Crippen LogP contribution in [0.2, 0.25) is 0 Å². The van der Waals surface area contributed by atoms with Gasteiger partial charge in [-0.05, 0) is 56.6 Å². The summed E-state index contributed by atoms with van der Waals surface area (Å²) in [4.78, 5) is 2.54. The second-order valence-corrected chi connectivity index (χ2v) is 6.04. The maximum absolute atomic E-state index is 13.1. The fourth-order valence-corrected chi connectivity index (χ4v) is 3.19. The highest BCUT2D eigenvalue weighted by Crippen LogP contribution is 2.22. The number of piperidine rings is 1. The molecule has 1 aliphatic rings. The second-order valence-electron chi connectivity index (χ2n) is 5.19. The lowest BCUT2D eigenvalue weighted by atomic mass is 10.0. The summed E-state index contributed by atoms with van der Waals surface area (Å²) in [5.74, 6) is -0.181. The second kappa shape index (κ2) is 8.98. The van der Waals surface area contributed by atoms with Gasteiger partial charge in [0.1, 0.15) is 5.82 Å². The molecule has 0 radical (unpaired) electrons. The average molecular weight is 366 g/mol. The Morgan fingerprint density at radius 2 is 2.05 bits per heavy atom. The Morgan fingerprint density at radius 3 is 2.65 bits per heavy atom. The zero-order valence-corrected chi connectivity index (χ0v) is 14.3. The highest BCUT2D eigenvalue weighted by atomic mass is 79.9. The van der Waals surface area contributed by atoms with Gasteiger partial charge in [0.05, 0.1) is 0 Å². The van der Waals surface area contributed by atoms with Gasteiger partial charge in [0.2, 0.25) is 0 Å². The SMILES string of the molecule is CCCN(Cc1ccc(F)cc1Br)C1CCNCC1.Cl. The predicted octanol–water partition coefficient (Wildman–Crippen LogP) is 3.97. The lowest BCUT2D eigenvalue weighted by Gasteiger charge is -2.34. The first-order valence-electron chi connectivity index (χ1n) is 7.09. The molecule has 0 atom stereocenters. The molecule has 0 aliphatic carbocycles.